The van der Waals surface area contributed by atoms with Gasteiger partial charge in [-0.3, -0.25) is 4.98 Å². The van der Waals surface area contributed by atoms with Gasteiger partial charge in [0.25, 0.3) is 0 Å². The maximum atomic E-state index is 5.78. The van der Waals surface area contributed by atoms with Gasteiger partial charge in [0.05, 0.1) is 11.7 Å². The van der Waals surface area contributed by atoms with Gasteiger partial charge in [-0.15, -0.1) is 0 Å². The normalized spacial score (nSPS) is 10.7. The van der Waals surface area contributed by atoms with Crippen LogP contribution in [-0.2, 0) is 6.54 Å². The van der Waals surface area contributed by atoms with Crippen molar-refractivity contribution < 1.29 is 0 Å². The Labute approximate surface area is 124 Å². The molecule has 0 aliphatic rings. The highest BCUT2D eigenvalue weighted by molar-refractivity contribution is 9.10. The molecule has 0 fully saturated rings. The summed E-state index contributed by atoms with van der Waals surface area (Å²) in [4.78, 5) is 12.6. The molecule has 3 N–H and O–H groups in total. The van der Waals surface area contributed by atoms with E-state index in [1.54, 1.807) is 12.4 Å². The summed E-state index contributed by atoms with van der Waals surface area (Å²) in [7, 11) is 0. The third-order valence-corrected chi connectivity index (χ3v) is 3.28. The van der Waals surface area contributed by atoms with Gasteiger partial charge in [-0.25, -0.2) is 9.97 Å². The number of pyridine rings is 1. The van der Waals surface area contributed by atoms with Gasteiger partial charge in [-0.05, 0) is 39.7 Å². The molecule has 0 aliphatic carbocycles. The van der Waals surface area contributed by atoms with Crippen molar-refractivity contribution in [2.45, 2.75) is 6.54 Å². The van der Waals surface area contributed by atoms with Crippen molar-refractivity contribution >= 4 is 38.5 Å². The Bertz CT molecular complexity index is 759. The average molecular weight is 330 g/mol. The molecule has 0 unspecified atom stereocenters. The predicted molar refractivity (Wildman–Crippen MR) is 83.2 cm³/mol. The summed E-state index contributed by atoms with van der Waals surface area (Å²) < 4.78 is 0.650. The van der Waals surface area contributed by atoms with Gasteiger partial charge >= 0.3 is 0 Å². The summed E-state index contributed by atoms with van der Waals surface area (Å²) in [5.41, 5.74) is 7.89. The summed E-state index contributed by atoms with van der Waals surface area (Å²) in [5, 5.41) is 4.30. The Morgan fingerprint density at radius 2 is 2.10 bits per heavy atom. The van der Waals surface area contributed by atoms with Gasteiger partial charge < -0.3 is 11.1 Å². The molecule has 0 spiro atoms. The standard InChI is InChI=1S/C14H12BrN5/c15-12-8-18-13(16)14(20-12)19-7-9-3-4-11-10(6-9)2-1-5-17-11/h1-6,8H,7H2,(H2,16,18)(H,19,20). The maximum absolute atomic E-state index is 5.78. The highest BCUT2D eigenvalue weighted by Crippen LogP contribution is 2.18. The largest absolute Gasteiger partial charge is 0.381 e. The van der Waals surface area contributed by atoms with Crippen molar-refractivity contribution in [2.75, 3.05) is 11.1 Å². The molecular weight excluding hydrogens is 318 g/mol. The van der Waals surface area contributed by atoms with Gasteiger partial charge in [0.2, 0.25) is 0 Å². The Balaban J connectivity index is 1.81. The van der Waals surface area contributed by atoms with E-state index in [9.17, 15) is 0 Å². The number of nitrogens with one attached hydrogen (secondary N) is 1. The second-order valence-corrected chi connectivity index (χ2v) is 5.12. The van der Waals surface area contributed by atoms with Crippen LogP contribution in [0.25, 0.3) is 10.9 Å². The van der Waals surface area contributed by atoms with E-state index in [1.807, 2.05) is 24.3 Å². The number of anilines is 2. The summed E-state index contributed by atoms with van der Waals surface area (Å²) in [6.07, 6.45) is 3.36. The highest BCUT2D eigenvalue weighted by Gasteiger charge is 2.03. The third kappa shape index (κ3) is 2.70. The lowest BCUT2D eigenvalue weighted by molar-refractivity contribution is 1.08. The van der Waals surface area contributed by atoms with Crippen molar-refractivity contribution in [2.24, 2.45) is 0 Å². The fourth-order valence-corrected chi connectivity index (χ4v) is 2.21. The molecule has 2 heterocycles. The first-order valence-corrected chi connectivity index (χ1v) is 6.87. The summed E-state index contributed by atoms with van der Waals surface area (Å²) in [5.74, 6) is 0.960. The van der Waals surface area contributed by atoms with Crippen LogP contribution in [0.3, 0.4) is 0 Å². The lowest BCUT2D eigenvalue weighted by Crippen LogP contribution is -2.06. The Hall–Kier alpha value is -2.21. The molecular formula is C14H12BrN5. The number of benzene rings is 1. The van der Waals surface area contributed by atoms with E-state index < -0.39 is 0 Å². The van der Waals surface area contributed by atoms with Crippen LogP contribution in [0.15, 0.2) is 47.3 Å². The molecule has 0 bridgehead atoms. The highest BCUT2D eigenvalue weighted by atomic mass is 79.9. The van der Waals surface area contributed by atoms with Crippen LogP contribution < -0.4 is 11.1 Å². The minimum atomic E-state index is 0.385. The zero-order chi connectivity index (χ0) is 13.9. The molecule has 0 radical (unpaired) electrons. The van der Waals surface area contributed by atoms with E-state index in [4.69, 9.17) is 5.73 Å². The smallest absolute Gasteiger partial charge is 0.170 e. The Kier molecular flexibility index (Phi) is 3.47. The van der Waals surface area contributed by atoms with E-state index in [1.165, 1.54) is 0 Å². The van der Waals surface area contributed by atoms with E-state index >= 15 is 0 Å². The monoisotopic (exact) mass is 329 g/mol. The molecule has 100 valence electrons. The van der Waals surface area contributed by atoms with Crippen LogP contribution in [0.5, 0.6) is 0 Å². The Morgan fingerprint density at radius 1 is 1.20 bits per heavy atom. The summed E-state index contributed by atoms with van der Waals surface area (Å²) in [6, 6.07) is 10.1. The van der Waals surface area contributed by atoms with Crippen LogP contribution in [0.4, 0.5) is 11.6 Å². The van der Waals surface area contributed by atoms with Crippen LogP contribution in [0.2, 0.25) is 0 Å². The molecule has 3 rings (SSSR count). The summed E-state index contributed by atoms with van der Waals surface area (Å²) >= 11 is 3.28. The van der Waals surface area contributed by atoms with Gasteiger partial charge in [-0.1, -0.05) is 12.1 Å². The zero-order valence-electron chi connectivity index (χ0n) is 10.5. The molecule has 20 heavy (non-hydrogen) atoms. The van der Waals surface area contributed by atoms with E-state index in [0.29, 0.717) is 22.8 Å². The first kappa shape index (κ1) is 12.8. The molecule has 0 saturated heterocycles. The van der Waals surface area contributed by atoms with Crippen LogP contribution >= 0.6 is 15.9 Å². The average Bonchev–Trinajstić information content (AvgIpc) is 2.48. The van der Waals surface area contributed by atoms with Gasteiger partial charge in [0.15, 0.2) is 11.6 Å². The molecule has 0 amide bonds. The minimum absolute atomic E-state index is 0.385. The number of aromatic nitrogens is 3. The van der Waals surface area contributed by atoms with Gasteiger partial charge in [-0.2, -0.15) is 0 Å². The molecule has 1 aromatic carbocycles. The maximum Gasteiger partial charge on any atom is 0.170 e. The minimum Gasteiger partial charge on any atom is -0.381 e. The van der Waals surface area contributed by atoms with Gasteiger partial charge in [0, 0.05) is 18.1 Å². The first-order chi connectivity index (χ1) is 9.72. The quantitative estimate of drug-likeness (QED) is 0.772. The number of nitrogens with zero attached hydrogens (tertiary/aromatic N) is 3. The summed E-state index contributed by atoms with van der Waals surface area (Å²) in [6.45, 7) is 0.625. The first-order valence-electron chi connectivity index (χ1n) is 6.08. The van der Waals surface area contributed by atoms with E-state index in [-0.39, 0.29) is 0 Å². The molecule has 0 atom stereocenters. The Morgan fingerprint density at radius 3 is 3.00 bits per heavy atom. The zero-order valence-corrected chi connectivity index (χ0v) is 12.1. The van der Waals surface area contributed by atoms with Crippen molar-refractivity contribution in [1.29, 1.82) is 0 Å². The SMILES string of the molecule is Nc1ncc(Br)nc1NCc1ccc2ncccc2c1. The number of rotatable bonds is 3. The second kappa shape index (κ2) is 5.42. The van der Waals surface area contributed by atoms with Crippen molar-refractivity contribution in [3.8, 4) is 0 Å². The number of hydrogen-bond acceptors (Lipinski definition) is 5. The van der Waals surface area contributed by atoms with Crippen LogP contribution in [0, 0.1) is 0 Å². The van der Waals surface area contributed by atoms with Crippen LogP contribution in [0.1, 0.15) is 5.56 Å². The van der Waals surface area contributed by atoms with Crippen molar-refractivity contribution in [3.05, 3.63) is 52.9 Å². The molecule has 0 saturated carbocycles. The van der Waals surface area contributed by atoms with E-state index in [2.05, 4.69) is 42.3 Å². The predicted octanol–water partition coefficient (Wildman–Crippen LogP) is 2.98. The second-order valence-electron chi connectivity index (χ2n) is 4.31. The number of nitrogens with two attached hydrogens (primary N) is 1. The number of halogens is 1. The molecule has 3 aromatic rings. The number of nitrogen functional groups attached to an aromatic ring is 1. The van der Waals surface area contributed by atoms with Gasteiger partial charge in [0.1, 0.15) is 4.60 Å². The lowest BCUT2D eigenvalue weighted by Gasteiger charge is -2.08. The fourth-order valence-electron chi connectivity index (χ4n) is 1.93. The van der Waals surface area contributed by atoms with Crippen molar-refractivity contribution in [3.63, 3.8) is 0 Å². The molecule has 2 aromatic heterocycles. The van der Waals surface area contributed by atoms with E-state index in [0.717, 1.165) is 16.5 Å². The molecule has 0 aliphatic heterocycles. The number of hydrogen-bond donors (Lipinski definition) is 2. The topological polar surface area (TPSA) is 76.7 Å². The van der Waals surface area contributed by atoms with Crippen molar-refractivity contribution in [1.82, 2.24) is 15.0 Å². The number of fused-ring (bicyclic) bond motifs is 1. The van der Waals surface area contributed by atoms with Crippen LogP contribution in [-0.4, -0.2) is 15.0 Å². The molecule has 5 nitrogen and oxygen atoms in total. The molecule has 6 heteroatoms. The lowest BCUT2D eigenvalue weighted by atomic mass is 10.1. The fraction of sp³-hybridized carbons (Fsp3) is 0.0714. The third-order valence-electron chi connectivity index (χ3n) is 2.90.